The normalized spacial score (nSPS) is 15.0. The van der Waals surface area contributed by atoms with Gasteiger partial charge in [0.15, 0.2) is 0 Å². The van der Waals surface area contributed by atoms with Gasteiger partial charge >= 0.3 is 0 Å². The molecule has 1 fully saturated rings. The van der Waals surface area contributed by atoms with Crippen molar-refractivity contribution in [2.24, 2.45) is 0 Å². The molecule has 2 rings (SSSR count). The summed E-state index contributed by atoms with van der Waals surface area (Å²) in [6.07, 6.45) is 0.221. The van der Waals surface area contributed by atoms with E-state index in [9.17, 15) is 14.0 Å². The van der Waals surface area contributed by atoms with Crippen LogP contribution in [0.4, 0.5) is 10.1 Å². The molecule has 2 amide bonds. The number of hydrogen-bond donors (Lipinski definition) is 1. The third-order valence-electron chi connectivity index (χ3n) is 2.62. The SMILES string of the molecule is O=C1COCC(=O)N1c1ccc(F)c(C#CCCO)c1. The molecule has 1 aromatic rings. The van der Waals surface area contributed by atoms with Crippen LogP contribution in [-0.4, -0.2) is 36.7 Å². The van der Waals surface area contributed by atoms with E-state index in [0.717, 1.165) is 11.0 Å². The van der Waals surface area contributed by atoms with Crippen LogP contribution in [-0.2, 0) is 14.3 Å². The number of imide groups is 1. The maximum Gasteiger partial charge on any atom is 0.259 e. The summed E-state index contributed by atoms with van der Waals surface area (Å²) in [5, 5.41) is 8.63. The van der Waals surface area contributed by atoms with Crippen molar-refractivity contribution < 1.29 is 23.8 Å². The highest BCUT2D eigenvalue weighted by Gasteiger charge is 2.28. The summed E-state index contributed by atoms with van der Waals surface area (Å²) >= 11 is 0. The molecule has 0 aromatic heterocycles. The molecule has 1 aliphatic rings. The van der Waals surface area contributed by atoms with E-state index in [-0.39, 0.29) is 37.5 Å². The van der Waals surface area contributed by atoms with E-state index < -0.39 is 17.6 Å². The van der Waals surface area contributed by atoms with Crippen molar-refractivity contribution in [3.63, 3.8) is 0 Å². The fraction of sp³-hybridized carbons (Fsp3) is 0.286. The number of ether oxygens (including phenoxy) is 1. The lowest BCUT2D eigenvalue weighted by Gasteiger charge is -2.25. The molecule has 0 unspecified atom stereocenters. The van der Waals surface area contributed by atoms with Crippen LogP contribution in [0.15, 0.2) is 18.2 Å². The summed E-state index contributed by atoms with van der Waals surface area (Å²) in [7, 11) is 0. The molecule has 1 aliphatic heterocycles. The van der Waals surface area contributed by atoms with Crippen LogP contribution < -0.4 is 4.90 Å². The number of aliphatic hydroxyl groups is 1. The average Bonchev–Trinajstić information content (AvgIpc) is 2.42. The Morgan fingerprint density at radius 1 is 1.30 bits per heavy atom. The molecule has 0 aliphatic carbocycles. The summed E-state index contributed by atoms with van der Waals surface area (Å²) < 4.78 is 18.4. The smallest absolute Gasteiger partial charge is 0.259 e. The Kier molecular flexibility index (Phi) is 4.45. The van der Waals surface area contributed by atoms with E-state index in [0.29, 0.717) is 0 Å². The second-order valence-electron chi connectivity index (χ2n) is 4.06. The maximum atomic E-state index is 13.6. The number of rotatable bonds is 2. The molecule has 1 heterocycles. The van der Waals surface area contributed by atoms with E-state index in [1.54, 1.807) is 0 Å². The molecule has 0 atom stereocenters. The number of carbonyl (C=O) groups excluding carboxylic acids is 2. The number of nitrogens with zero attached hydrogens (tertiary/aromatic N) is 1. The van der Waals surface area contributed by atoms with Crippen molar-refractivity contribution in [1.82, 2.24) is 0 Å². The van der Waals surface area contributed by atoms with Gasteiger partial charge in [0.1, 0.15) is 19.0 Å². The van der Waals surface area contributed by atoms with Crippen LogP contribution in [0.2, 0.25) is 0 Å². The van der Waals surface area contributed by atoms with Crippen molar-refractivity contribution in [1.29, 1.82) is 0 Å². The zero-order valence-electron chi connectivity index (χ0n) is 10.6. The highest BCUT2D eigenvalue weighted by atomic mass is 19.1. The number of hydrogen-bond acceptors (Lipinski definition) is 4. The van der Waals surface area contributed by atoms with E-state index in [2.05, 4.69) is 11.8 Å². The van der Waals surface area contributed by atoms with E-state index in [1.165, 1.54) is 12.1 Å². The minimum absolute atomic E-state index is 0.0723. The first-order valence-corrected chi connectivity index (χ1v) is 5.96. The number of halogens is 1. The summed E-state index contributed by atoms with van der Waals surface area (Å²) in [5.74, 6) is 3.60. The molecule has 20 heavy (non-hydrogen) atoms. The molecule has 0 saturated carbocycles. The fourth-order valence-electron chi connectivity index (χ4n) is 1.74. The van der Waals surface area contributed by atoms with Gasteiger partial charge in [0.05, 0.1) is 17.9 Å². The molecule has 1 aromatic carbocycles. The molecular formula is C14H12FNO4. The highest BCUT2D eigenvalue weighted by molar-refractivity contribution is 6.17. The van der Waals surface area contributed by atoms with Crippen molar-refractivity contribution in [2.45, 2.75) is 6.42 Å². The van der Waals surface area contributed by atoms with Crippen molar-refractivity contribution in [2.75, 3.05) is 24.7 Å². The standard InChI is InChI=1S/C14H12FNO4/c15-12-5-4-11(7-10(12)3-1-2-6-17)16-13(18)8-20-9-14(16)19/h4-5,7,17H,2,6,8-9H2. The quantitative estimate of drug-likeness (QED) is 0.629. The number of morpholine rings is 1. The largest absolute Gasteiger partial charge is 0.395 e. The third kappa shape index (κ3) is 3.02. The topological polar surface area (TPSA) is 66.8 Å². The Morgan fingerprint density at radius 3 is 2.65 bits per heavy atom. The van der Waals surface area contributed by atoms with Gasteiger partial charge in [0.2, 0.25) is 0 Å². The van der Waals surface area contributed by atoms with Gasteiger partial charge in [0, 0.05) is 6.42 Å². The summed E-state index contributed by atoms with van der Waals surface area (Å²) in [6.45, 7) is -0.488. The molecule has 0 spiro atoms. The Bertz CT molecular complexity index is 587. The summed E-state index contributed by atoms with van der Waals surface area (Å²) in [4.78, 5) is 24.3. The molecule has 5 nitrogen and oxygen atoms in total. The van der Waals surface area contributed by atoms with Gasteiger partial charge in [-0.3, -0.25) is 9.59 Å². The maximum absolute atomic E-state index is 13.6. The lowest BCUT2D eigenvalue weighted by Crippen LogP contribution is -2.46. The van der Waals surface area contributed by atoms with Crippen LogP contribution >= 0.6 is 0 Å². The highest BCUT2D eigenvalue weighted by Crippen LogP contribution is 2.20. The molecular weight excluding hydrogens is 265 g/mol. The number of aliphatic hydroxyl groups excluding tert-OH is 1. The Labute approximate surface area is 115 Å². The lowest BCUT2D eigenvalue weighted by atomic mass is 10.1. The van der Waals surface area contributed by atoms with Crippen LogP contribution in [0.1, 0.15) is 12.0 Å². The summed E-state index contributed by atoms with van der Waals surface area (Å²) in [5.41, 5.74) is 0.334. The van der Waals surface area contributed by atoms with Gasteiger partial charge in [0.25, 0.3) is 11.8 Å². The lowest BCUT2D eigenvalue weighted by molar-refractivity contribution is -0.138. The zero-order chi connectivity index (χ0) is 14.5. The van der Waals surface area contributed by atoms with Crippen molar-refractivity contribution >= 4 is 17.5 Å². The molecule has 104 valence electrons. The van der Waals surface area contributed by atoms with Gasteiger partial charge in [-0.05, 0) is 18.2 Å². The van der Waals surface area contributed by atoms with Crippen molar-refractivity contribution in [3.8, 4) is 11.8 Å². The van der Waals surface area contributed by atoms with Crippen LogP contribution in [0.3, 0.4) is 0 Å². The first-order valence-electron chi connectivity index (χ1n) is 5.96. The van der Waals surface area contributed by atoms with Crippen LogP contribution in [0, 0.1) is 17.7 Å². The predicted molar refractivity (Wildman–Crippen MR) is 68.3 cm³/mol. The van der Waals surface area contributed by atoms with Crippen LogP contribution in [0.5, 0.6) is 0 Å². The van der Waals surface area contributed by atoms with Gasteiger partial charge in [-0.15, -0.1) is 0 Å². The minimum atomic E-state index is -0.549. The third-order valence-corrected chi connectivity index (χ3v) is 2.62. The first-order chi connectivity index (χ1) is 9.63. The fourth-order valence-corrected chi connectivity index (χ4v) is 1.74. The van der Waals surface area contributed by atoms with E-state index in [4.69, 9.17) is 9.84 Å². The number of anilines is 1. The molecule has 1 N–H and O–H groups in total. The molecule has 1 saturated heterocycles. The second kappa shape index (κ2) is 6.28. The number of amides is 2. The summed E-state index contributed by atoms with van der Waals surface area (Å²) in [6, 6.07) is 3.82. The first kappa shape index (κ1) is 14.2. The molecule has 0 radical (unpaired) electrons. The predicted octanol–water partition coefficient (Wildman–Crippen LogP) is 0.449. The Hall–Kier alpha value is -2.23. The Balaban J connectivity index is 2.33. The van der Waals surface area contributed by atoms with E-state index >= 15 is 0 Å². The second-order valence-corrected chi connectivity index (χ2v) is 4.06. The van der Waals surface area contributed by atoms with Gasteiger partial charge in [-0.25, -0.2) is 9.29 Å². The monoisotopic (exact) mass is 277 g/mol. The van der Waals surface area contributed by atoms with Crippen LogP contribution in [0.25, 0.3) is 0 Å². The zero-order valence-corrected chi connectivity index (χ0v) is 10.6. The van der Waals surface area contributed by atoms with Gasteiger partial charge < -0.3 is 9.84 Å². The Morgan fingerprint density at radius 2 is 2.00 bits per heavy atom. The molecule has 0 bridgehead atoms. The average molecular weight is 277 g/mol. The number of benzene rings is 1. The minimum Gasteiger partial charge on any atom is -0.395 e. The van der Waals surface area contributed by atoms with Crippen molar-refractivity contribution in [3.05, 3.63) is 29.6 Å². The van der Waals surface area contributed by atoms with E-state index in [1.807, 2.05) is 0 Å². The van der Waals surface area contributed by atoms with Gasteiger partial charge in [-0.2, -0.15) is 0 Å². The van der Waals surface area contributed by atoms with Gasteiger partial charge in [-0.1, -0.05) is 11.8 Å². The molecule has 6 heteroatoms. The number of carbonyl (C=O) groups is 2.